The molecular weight excluding hydrogens is 525 g/mol. The SMILES string of the molecule is Cc1cc(Cl)c(OCCOc2ccc(CC(CN)C(=O)N3CCNCC3c3nccc(C)n3)cc2)c(Cl)c1. The molecule has 0 bridgehead atoms. The zero-order valence-corrected chi connectivity index (χ0v) is 23.1. The maximum absolute atomic E-state index is 13.5. The van der Waals surface area contributed by atoms with Crippen LogP contribution >= 0.6 is 23.2 Å². The highest BCUT2D eigenvalue weighted by atomic mass is 35.5. The van der Waals surface area contributed by atoms with Crippen LogP contribution in [-0.2, 0) is 11.2 Å². The minimum atomic E-state index is -0.343. The number of ether oxygens (including phenoxy) is 2. The van der Waals surface area contributed by atoms with Gasteiger partial charge in [-0.25, -0.2) is 9.97 Å². The lowest BCUT2D eigenvalue weighted by Crippen LogP contribution is -2.52. The molecule has 2 aromatic carbocycles. The van der Waals surface area contributed by atoms with E-state index in [1.807, 2.05) is 49.1 Å². The number of benzene rings is 2. The summed E-state index contributed by atoms with van der Waals surface area (Å²) in [4.78, 5) is 24.4. The summed E-state index contributed by atoms with van der Waals surface area (Å²) in [5, 5.41) is 4.30. The summed E-state index contributed by atoms with van der Waals surface area (Å²) in [6.45, 7) is 6.65. The first-order chi connectivity index (χ1) is 18.4. The van der Waals surface area contributed by atoms with Crippen molar-refractivity contribution in [2.45, 2.75) is 26.3 Å². The van der Waals surface area contributed by atoms with Crippen molar-refractivity contribution in [1.29, 1.82) is 0 Å². The third kappa shape index (κ3) is 7.14. The highest BCUT2D eigenvalue weighted by molar-refractivity contribution is 6.37. The fourth-order valence-electron chi connectivity index (χ4n) is 4.47. The van der Waals surface area contributed by atoms with Crippen LogP contribution in [0.5, 0.6) is 11.5 Å². The van der Waals surface area contributed by atoms with Gasteiger partial charge in [-0.3, -0.25) is 4.79 Å². The van der Waals surface area contributed by atoms with Crippen molar-refractivity contribution >= 4 is 29.1 Å². The highest BCUT2D eigenvalue weighted by Gasteiger charge is 2.33. The van der Waals surface area contributed by atoms with Crippen molar-refractivity contribution < 1.29 is 14.3 Å². The number of halogens is 2. The molecule has 202 valence electrons. The fraction of sp³-hybridized carbons (Fsp3) is 0.393. The minimum Gasteiger partial charge on any atom is -0.490 e. The van der Waals surface area contributed by atoms with E-state index in [1.54, 1.807) is 18.3 Å². The third-order valence-corrected chi connectivity index (χ3v) is 6.98. The third-order valence-electron chi connectivity index (χ3n) is 6.42. The first-order valence-electron chi connectivity index (χ1n) is 12.7. The molecule has 3 aromatic rings. The molecule has 0 saturated carbocycles. The van der Waals surface area contributed by atoms with Crippen LogP contribution in [0.4, 0.5) is 0 Å². The van der Waals surface area contributed by atoms with E-state index < -0.39 is 0 Å². The van der Waals surface area contributed by atoms with Gasteiger partial charge >= 0.3 is 0 Å². The molecule has 10 heteroatoms. The molecule has 2 atom stereocenters. The van der Waals surface area contributed by atoms with Crippen LogP contribution in [0.25, 0.3) is 0 Å². The van der Waals surface area contributed by atoms with Crippen molar-refractivity contribution in [3.8, 4) is 11.5 Å². The van der Waals surface area contributed by atoms with Crippen molar-refractivity contribution in [1.82, 2.24) is 20.2 Å². The maximum Gasteiger partial charge on any atom is 0.228 e. The highest BCUT2D eigenvalue weighted by Crippen LogP contribution is 2.34. The van der Waals surface area contributed by atoms with E-state index in [4.69, 9.17) is 38.4 Å². The molecule has 38 heavy (non-hydrogen) atoms. The Balaban J connectivity index is 1.32. The second-order valence-electron chi connectivity index (χ2n) is 9.34. The van der Waals surface area contributed by atoms with E-state index in [-0.39, 0.29) is 24.4 Å². The number of nitrogens with one attached hydrogen (secondary N) is 1. The Hall–Kier alpha value is -2.91. The van der Waals surface area contributed by atoms with Gasteiger partial charge in [0.2, 0.25) is 5.91 Å². The number of rotatable bonds is 10. The van der Waals surface area contributed by atoms with Gasteiger partial charge in [-0.05, 0) is 61.7 Å². The fourth-order valence-corrected chi connectivity index (χ4v) is 5.17. The van der Waals surface area contributed by atoms with E-state index in [9.17, 15) is 4.79 Å². The van der Waals surface area contributed by atoms with E-state index >= 15 is 0 Å². The Morgan fingerprint density at radius 2 is 1.84 bits per heavy atom. The van der Waals surface area contributed by atoms with E-state index in [2.05, 4.69) is 15.3 Å². The molecule has 2 unspecified atom stereocenters. The van der Waals surface area contributed by atoms with Crippen LogP contribution in [0, 0.1) is 19.8 Å². The minimum absolute atomic E-state index is 0.0232. The van der Waals surface area contributed by atoms with Gasteiger partial charge in [0.25, 0.3) is 0 Å². The Bertz CT molecular complexity index is 1220. The number of amides is 1. The molecule has 1 saturated heterocycles. The first kappa shape index (κ1) is 28.1. The number of hydrogen-bond donors (Lipinski definition) is 2. The van der Waals surface area contributed by atoms with Crippen LogP contribution in [0.3, 0.4) is 0 Å². The van der Waals surface area contributed by atoms with E-state index in [0.717, 1.165) is 23.4 Å². The van der Waals surface area contributed by atoms with Gasteiger partial charge < -0.3 is 25.4 Å². The Labute approximate surface area is 233 Å². The molecular formula is C28H33Cl2N5O3. The lowest BCUT2D eigenvalue weighted by Gasteiger charge is -2.37. The van der Waals surface area contributed by atoms with Gasteiger partial charge in [-0.1, -0.05) is 35.3 Å². The Kier molecular flexibility index (Phi) is 9.80. The second kappa shape index (κ2) is 13.2. The second-order valence-corrected chi connectivity index (χ2v) is 10.2. The van der Waals surface area contributed by atoms with Crippen LogP contribution in [0.1, 0.15) is 28.7 Å². The van der Waals surface area contributed by atoms with Crippen molar-refractivity contribution in [2.75, 3.05) is 39.4 Å². The predicted octanol–water partition coefficient (Wildman–Crippen LogP) is 4.15. The number of carbonyl (C=O) groups is 1. The summed E-state index contributed by atoms with van der Waals surface area (Å²) in [6.07, 6.45) is 2.27. The van der Waals surface area contributed by atoms with Crippen LogP contribution in [0.15, 0.2) is 48.7 Å². The molecule has 2 heterocycles. The molecule has 0 spiro atoms. The lowest BCUT2D eigenvalue weighted by atomic mass is 9.96. The quantitative estimate of drug-likeness (QED) is 0.361. The van der Waals surface area contributed by atoms with Gasteiger partial charge in [0, 0.05) is 38.1 Å². The number of aromatic nitrogens is 2. The van der Waals surface area contributed by atoms with Gasteiger partial charge in [-0.15, -0.1) is 0 Å². The first-order valence-corrected chi connectivity index (χ1v) is 13.4. The molecule has 0 radical (unpaired) electrons. The molecule has 1 aliphatic rings. The molecule has 8 nitrogen and oxygen atoms in total. The molecule has 0 aliphatic carbocycles. The van der Waals surface area contributed by atoms with Gasteiger partial charge in [0.05, 0.1) is 16.0 Å². The summed E-state index contributed by atoms with van der Waals surface area (Å²) in [5.74, 6) is 1.49. The average molecular weight is 559 g/mol. The smallest absolute Gasteiger partial charge is 0.228 e. The van der Waals surface area contributed by atoms with Crippen LogP contribution < -0.4 is 20.5 Å². The number of aryl methyl sites for hydroxylation is 2. The van der Waals surface area contributed by atoms with Crippen LogP contribution in [0.2, 0.25) is 10.0 Å². The zero-order valence-electron chi connectivity index (χ0n) is 21.6. The Morgan fingerprint density at radius 1 is 1.13 bits per heavy atom. The van der Waals surface area contributed by atoms with E-state index in [0.29, 0.717) is 60.1 Å². The number of carbonyl (C=O) groups excluding carboxylic acids is 1. The van der Waals surface area contributed by atoms with Crippen LogP contribution in [-0.4, -0.2) is 60.2 Å². The average Bonchev–Trinajstić information content (AvgIpc) is 2.91. The van der Waals surface area contributed by atoms with Crippen molar-refractivity contribution in [3.05, 3.63) is 81.4 Å². The largest absolute Gasteiger partial charge is 0.490 e. The predicted molar refractivity (Wildman–Crippen MR) is 149 cm³/mol. The molecule has 1 fully saturated rings. The van der Waals surface area contributed by atoms with Gasteiger partial charge in [0.1, 0.15) is 25.0 Å². The molecule has 1 aliphatic heterocycles. The number of hydrogen-bond acceptors (Lipinski definition) is 7. The summed E-state index contributed by atoms with van der Waals surface area (Å²) in [5.41, 5.74) is 8.92. The molecule has 1 aromatic heterocycles. The summed E-state index contributed by atoms with van der Waals surface area (Å²) >= 11 is 12.4. The summed E-state index contributed by atoms with van der Waals surface area (Å²) in [7, 11) is 0. The standard InChI is InChI=1S/C28H33Cl2N5O3/c1-18-13-23(29)26(24(30)14-18)38-12-11-37-22-5-3-20(4-6-22)15-21(16-31)28(36)35-10-9-32-17-25(35)27-33-8-7-19(2)34-27/h3-8,13-14,21,25,32H,9-12,15-17,31H2,1-2H3. The van der Waals surface area contributed by atoms with Gasteiger partial charge in [0.15, 0.2) is 11.6 Å². The number of piperazine rings is 1. The summed E-state index contributed by atoms with van der Waals surface area (Å²) < 4.78 is 11.5. The zero-order chi connectivity index (χ0) is 27.1. The monoisotopic (exact) mass is 557 g/mol. The lowest BCUT2D eigenvalue weighted by molar-refractivity contribution is -0.138. The number of nitrogens with zero attached hydrogens (tertiary/aromatic N) is 3. The molecule has 1 amide bonds. The molecule has 4 rings (SSSR count). The normalized spacial score (nSPS) is 16.2. The maximum atomic E-state index is 13.5. The van der Waals surface area contributed by atoms with Crippen molar-refractivity contribution in [3.63, 3.8) is 0 Å². The molecule has 3 N–H and O–H groups in total. The Morgan fingerprint density at radius 3 is 2.53 bits per heavy atom. The number of nitrogens with two attached hydrogens (primary N) is 1. The topological polar surface area (TPSA) is 103 Å². The van der Waals surface area contributed by atoms with Gasteiger partial charge in [-0.2, -0.15) is 0 Å². The van der Waals surface area contributed by atoms with E-state index in [1.165, 1.54) is 0 Å². The summed E-state index contributed by atoms with van der Waals surface area (Å²) in [6, 6.07) is 12.9. The van der Waals surface area contributed by atoms with Crippen molar-refractivity contribution in [2.24, 2.45) is 11.7 Å².